The fraction of sp³-hybridized carbons (Fsp3) is 0.214. The minimum atomic E-state index is 0.00306. The normalized spacial score (nSPS) is 12.4. The van der Waals surface area contributed by atoms with Crippen molar-refractivity contribution in [3.8, 4) is 0 Å². The molecule has 3 heteroatoms. The molecule has 2 aromatic rings. The van der Waals surface area contributed by atoms with Crippen molar-refractivity contribution in [1.29, 1.82) is 0 Å². The summed E-state index contributed by atoms with van der Waals surface area (Å²) in [5.74, 6) is 0. The fourth-order valence-corrected chi connectivity index (χ4v) is 1.96. The molecule has 0 fully saturated rings. The third-order valence-corrected chi connectivity index (χ3v) is 3.19. The van der Waals surface area contributed by atoms with Crippen LogP contribution >= 0.6 is 15.9 Å². The molecule has 0 bridgehead atoms. The maximum absolute atomic E-state index is 6.12. The highest BCUT2D eigenvalue weighted by molar-refractivity contribution is 9.10. The summed E-state index contributed by atoms with van der Waals surface area (Å²) < 4.78 is 0.983. The number of rotatable bonds is 4. The highest BCUT2D eigenvalue weighted by Crippen LogP contribution is 2.16. The number of nitrogens with two attached hydrogens (primary N) is 1. The van der Waals surface area contributed by atoms with E-state index >= 15 is 0 Å². The second-order valence-corrected chi connectivity index (χ2v) is 4.95. The van der Waals surface area contributed by atoms with E-state index in [1.165, 1.54) is 5.56 Å². The molecule has 0 saturated heterocycles. The summed E-state index contributed by atoms with van der Waals surface area (Å²) in [6.45, 7) is 0. The van der Waals surface area contributed by atoms with Gasteiger partial charge in [-0.05, 0) is 46.5 Å². The molecule has 2 rings (SSSR count). The molecule has 0 amide bonds. The lowest BCUT2D eigenvalue weighted by molar-refractivity contribution is 0.633. The molecule has 2 nitrogen and oxygen atoms in total. The van der Waals surface area contributed by atoms with Gasteiger partial charge in [0, 0.05) is 16.7 Å². The van der Waals surface area contributed by atoms with Crippen LogP contribution in [-0.4, -0.2) is 4.98 Å². The zero-order valence-corrected chi connectivity index (χ0v) is 11.1. The van der Waals surface area contributed by atoms with Gasteiger partial charge >= 0.3 is 0 Å². The minimum absolute atomic E-state index is 0.00306. The molecule has 1 heterocycles. The Balaban J connectivity index is 1.93. The number of nitrogens with zero attached hydrogens (tertiary/aromatic N) is 1. The first kappa shape index (κ1) is 12.3. The van der Waals surface area contributed by atoms with Gasteiger partial charge in [0.25, 0.3) is 0 Å². The van der Waals surface area contributed by atoms with Crippen molar-refractivity contribution in [2.75, 3.05) is 0 Å². The van der Waals surface area contributed by atoms with Crippen LogP contribution in [0.3, 0.4) is 0 Å². The Hall–Kier alpha value is -1.19. The Morgan fingerprint density at radius 3 is 2.53 bits per heavy atom. The van der Waals surface area contributed by atoms with Gasteiger partial charge < -0.3 is 5.73 Å². The summed E-state index contributed by atoms with van der Waals surface area (Å²) >= 11 is 3.37. The van der Waals surface area contributed by atoms with Crippen molar-refractivity contribution in [2.45, 2.75) is 18.9 Å². The van der Waals surface area contributed by atoms with Gasteiger partial charge in [-0.1, -0.05) is 30.3 Å². The van der Waals surface area contributed by atoms with Gasteiger partial charge in [-0.25, -0.2) is 0 Å². The van der Waals surface area contributed by atoms with Gasteiger partial charge in [0.1, 0.15) is 0 Å². The van der Waals surface area contributed by atoms with Crippen molar-refractivity contribution >= 4 is 15.9 Å². The monoisotopic (exact) mass is 290 g/mol. The van der Waals surface area contributed by atoms with E-state index in [2.05, 4.69) is 45.2 Å². The highest BCUT2D eigenvalue weighted by atomic mass is 79.9. The lowest BCUT2D eigenvalue weighted by Gasteiger charge is -2.10. The van der Waals surface area contributed by atoms with Gasteiger partial charge in [0.05, 0.1) is 5.69 Å². The molecule has 0 spiro atoms. The molecule has 0 aliphatic carbocycles. The Labute approximate surface area is 110 Å². The van der Waals surface area contributed by atoms with Crippen LogP contribution in [0.1, 0.15) is 23.7 Å². The van der Waals surface area contributed by atoms with Crippen LogP contribution in [-0.2, 0) is 6.42 Å². The van der Waals surface area contributed by atoms with Crippen molar-refractivity contribution < 1.29 is 0 Å². The zero-order valence-electron chi connectivity index (χ0n) is 9.51. The number of hydrogen-bond acceptors (Lipinski definition) is 2. The number of hydrogen-bond donors (Lipinski definition) is 1. The van der Waals surface area contributed by atoms with E-state index in [-0.39, 0.29) is 6.04 Å². The van der Waals surface area contributed by atoms with Crippen molar-refractivity contribution in [1.82, 2.24) is 4.98 Å². The van der Waals surface area contributed by atoms with Crippen LogP contribution < -0.4 is 5.73 Å². The Morgan fingerprint density at radius 1 is 1.12 bits per heavy atom. The quantitative estimate of drug-likeness (QED) is 0.936. The van der Waals surface area contributed by atoms with E-state index in [0.29, 0.717) is 0 Å². The molecule has 0 aliphatic rings. The van der Waals surface area contributed by atoms with E-state index < -0.39 is 0 Å². The van der Waals surface area contributed by atoms with E-state index in [1.807, 2.05) is 18.2 Å². The molecule has 88 valence electrons. The van der Waals surface area contributed by atoms with Crippen LogP contribution in [0, 0.1) is 0 Å². The highest BCUT2D eigenvalue weighted by Gasteiger charge is 2.07. The summed E-state index contributed by atoms with van der Waals surface area (Å²) in [6, 6.07) is 14.3. The second kappa shape index (κ2) is 5.94. The Kier molecular flexibility index (Phi) is 4.29. The molecule has 0 aliphatic heterocycles. The van der Waals surface area contributed by atoms with Crippen LogP contribution in [0.2, 0.25) is 0 Å². The minimum Gasteiger partial charge on any atom is -0.323 e. The number of aromatic nitrogens is 1. The molecule has 1 aromatic heterocycles. The van der Waals surface area contributed by atoms with Crippen LogP contribution in [0.5, 0.6) is 0 Å². The number of pyridine rings is 1. The summed E-state index contributed by atoms with van der Waals surface area (Å²) in [5.41, 5.74) is 8.38. The molecule has 1 aromatic carbocycles. The van der Waals surface area contributed by atoms with Gasteiger partial charge in [-0.3, -0.25) is 4.98 Å². The summed E-state index contributed by atoms with van der Waals surface area (Å²) in [4.78, 5) is 4.32. The topological polar surface area (TPSA) is 38.9 Å². The van der Waals surface area contributed by atoms with E-state index in [4.69, 9.17) is 5.73 Å². The lowest BCUT2D eigenvalue weighted by atomic mass is 10.0. The predicted octanol–water partition coefficient (Wildman–Crippen LogP) is 3.48. The second-order valence-electron chi connectivity index (χ2n) is 4.03. The van der Waals surface area contributed by atoms with Gasteiger partial charge in [0.15, 0.2) is 0 Å². The molecule has 1 atom stereocenters. The third-order valence-electron chi connectivity index (χ3n) is 2.72. The first-order valence-corrected chi connectivity index (χ1v) is 6.46. The average molecular weight is 291 g/mol. The predicted molar refractivity (Wildman–Crippen MR) is 73.6 cm³/mol. The Morgan fingerprint density at radius 2 is 1.88 bits per heavy atom. The fourth-order valence-electron chi connectivity index (χ4n) is 1.72. The molecule has 17 heavy (non-hydrogen) atoms. The number of benzene rings is 1. The SMILES string of the molecule is NC(CCc1ccccc1)c1ccc(Br)cn1. The largest absolute Gasteiger partial charge is 0.323 e. The first-order chi connectivity index (χ1) is 8.25. The van der Waals surface area contributed by atoms with E-state index in [1.54, 1.807) is 6.20 Å². The van der Waals surface area contributed by atoms with Crippen molar-refractivity contribution in [3.63, 3.8) is 0 Å². The van der Waals surface area contributed by atoms with Gasteiger partial charge in [-0.15, -0.1) is 0 Å². The van der Waals surface area contributed by atoms with Crippen LogP contribution in [0.4, 0.5) is 0 Å². The molecular weight excluding hydrogens is 276 g/mol. The number of aryl methyl sites for hydroxylation is 1. The smallest absolute Gasteiger partial charge is 0.0571 e. The van der Waals surface area contributed by atoms with Crippen molar-refractivity contribution in [2.24, 2.45) is 5.73 Å². The Bertz CT molecular complexity index is 453. The van der Waals surface area contributed by atoms with Gasteiger partial charge in [0.2, 0.25) is 0 Å². The van der Waals surface area contributed by atoms with Crippen LogP contribution in [0.25, 0.3) is 0 Å². The van der Waals surface area contributed by atoms with Crippen LogP contribution in [0.15, 0.2) is 53.1 Å². The molecule has 1 unspecified atom stereocenters. The summed E-state index contributed by atoms with van der Waals surface area (Å²) in [7, 11) is 0. The maximum atomic E-state index is 6.12. The third kappa shape index (κ3) is 3.65. The summed E-state index contributed by atoms with van der Waals surface area (Å²) in [5, 5.41) is 0. The number of halogens is 1. The molecule has 0 saturated carbocycles. The summed E-state index contributed by atoms with van der Waals surface area (Å²) in [6.07, 6.45) is 3.69. The molecule has 2 N–H and O–H groups in total. The van der Waals surface area contributed by atoms with E-state index in [0.717, 1.165) is 23.0 Å². The van der Waals surface area contributed by atoms with Gasteiger partial charge in [-0.2, -0.15) is 0 Å². The average Bonchev–Trinajstić information content (AvgIpc) is 2.38. The zero-order chi connectivity index (χ0) is 12.1. The standard InChI is InChI=1S/C14H15BrN2/c15-12-7-9-14(17-10-12)13(16)8-6-11-4-2-1-3-5-11/h1-5,7,9-10,13H,6,8,16H2. The molecule has 0 radical (unpaired) electrons. The first-order valence-electron chi connectivity index (χ1n) is 5.66. The van der Waals surface area contributed by atoms with E-state index in [9.17, 15) is 0 Å². The van der Waals surface area contributed by atoms with Crippen molar-refractivity contribution in [3.05, 3.63) is 64.4 Å². The molecular formula is C14H15BrN2. The lowest BCUT2D eigenvalue weighted by Crippen LogP contribution is -2.12. The maximum Gasteiger partial charge on any atom is 0.0571 e.